The van der Waals surface area contributed by atoms with E-state index in [1.54, 1.807) is 7.11 Å². The lowest BCUT2D eigenvalue weighted by Gasteiger charge is -2.31. The van der Waals surface area contributed by atoms with Crippen LogP contribution >= 0.6 is 0 Å². The zero-order valence-electron chi connectivity index (χ0n) is 33.3. The first-order valence-corrected chi connectivity index (χ1v) is 21.4. The third-order valence-electron chi connectivity index (χ3n) is 10.6. The van der Waals surface area contributed by atoms with E-state index < -0.39 is 11.9 Å². The largest absolute Gasteiger partial charge is 0.389 e. The van der Waals surface area contributed by atoms with Crippen molar-refractivity contribution >= 4 is 0 Å². The fraction of sp³-hybridized carbons (Fsp3) is 0.822. The van der Waals surface area contributed by atoms with Crippen molar-refractivity contribution in [1.29, 1.82) is 0 Å². The van der Waals surface area contributed by atoms with Crippen molar-refractivity contribution in [2.75, 3.05) is 27.2 Å². The number of methoxy groups -OCH3 is 1. The Morgan fingerprint density at radius 2 is 0.960 bits per heavy atom. The first-order valence-electron chi connectivity index (χ1n) is 21.4. The monoisotopic (exact) mass is 700 g/mol. The van der Waals surface area contributed by atoms with Crippen LogP contribution in [-0.4, -0.2) is 67.5 Å². The van der Waals surface area contributed by atoms with E-state index in [2.05, 4.69) is 67.4 Å². The van der Waals surface area contributed by atoms with Crippen LogP contribution in [0, 0.1) is 0 Å². The number of likely N-dealkylation sites (tertiary alicyclic amines) is 1. The summed E-state index contributed by atoms with van der Waals surface area (Å²) < 4.78 is 19.5. The summed E-state index contributed by atoms with van der Waals surface area (Å²) in [6, 6.07) is 0. The molecular formula is C45H81NO4. The molecule has 0 aliphatic carbocycles. The van der Waals surface area contributed by atoms with Crippen LogP contribution in [0.25, 0.3) is 0 Å². The molecule has 290 valence electrons. The molecule has 1 N–H and O–H groups in total. The van der Waals surface area contributed by atoms with Gasteiger partial charge in [0.05, 0.1) is 12.2 Å². The van der Waals surface area contributed by atoms with Crippen molar-refractivity contribution in [3.63, 3.8) is 0 Å². The van der Waals surface area contributed by atoms with Gasteiger partial charge in [-0.25, -0.2) is 0 Å². The van der Waals surface area contributed by atoms with E-state index in [0.29, 0.717) is 6.54 Å². The van der Waals surface area contributed by atoms with Crippen LogP contribution < -0.4 is 0 Å². The van der Waals surface area contributed by atoms with Gasteiger partial charge < -0.3 is 24.2 Å². The number of ether oxygens (including phenoxy) is 3. The fourth-order valence-electron chi connectivity index (χ4n) is 7.49. The molecule has 2 unspecified atom stereocenters. The number of allylic oxidation sites excluding steroid dienone is 8. The molecule has 0 bridgehead atoms. The van der Waals surface area contributed by atoms with Crippen LogP contribution in [0.3, 0.4) is 0 Å². The van der Waals surface area contributed by atoms with E-state index >= 15 is 0 Å². The van der Waals surface area contributed by atoms with Crippen molar-refractivity contribution < 1.29 is 19.3 Å². The second kappa shape index (κ2) is 30.2. The first kappa shape index (κ1) is 44.9. The van der Waals surface area contributed by atoms with Gasteiger partial charge in [-0.3, -0.25) is 0 Å². The van der Waals surface area contributed by atoms with Crippen molar-refractivity contribution in [2.45, 2.75) is 211 Å². The highest BCUT2D eigenvalue weighted by atomic mass is 16.8. The summed E-state index contributed by atoms with van der Waals surface area (Å²) in [7, 11) is 3.80. The number of nitrogens with zero attached hydrogens (tertiary/aromatic N) is 1. The maximum absolute atomic E-state index is 11.1. The van der Waals surface area contributed by atoms with Crippen LogP contribution in [0.15, 0.2) is 48.6 Å². The predicted octanol–water partition coefficient (Wildman–Crippen LogP) is 12.2. The van der Waals surface area contributed by atoms with Crippen LogP contribution in [0.1, 0.15) is 181 Å². The van der Waals surface area contributed by atoms with Gasteiger partial charge in [-0.1, -0.05) is 140 Å². The minimum absolute atomic E-state index is 0.0873. The highest BCUT2D eigenvalue weighted by Gasteiger charge is 2.53. The summed E-state index contributed by atoms with van der Waals surface area (Å²) in [6.45, 7) is 5.87. The van der Waals surface area contributed by atoms with E-state index in [0.717, 1.165) is 45.1 Å². The average molecular weight is 700 g/mol. The average Bonchev–Trinajstić information content (AvgIpc) is 3.45. The molecule has 2 aliphatic heterocycles. The van der Waals surface area contributed by atoms with E-state index in [1.807, 2.05) is 7.05 Å². The zero-order valence-corrected chi connectivity index (χ0v) is 33.3. The normalized spacial score (nSPS) is 24.8. The van der Waals surface area contributed by atoms with Crippen LogP contribution in [0.2, 0.25) is 0 Å². The number of aliphatic hydroxyl groups is 1. The number of rotatable bonds is 31. The van der Waals surface area contributed by atoms with Gasteiger partial charge in [0.2, 0.25) is 0 Å². The highest BCUT2D eigenvalue weighted by Crippen LogP contribution is 2.41. The molecule has 50 heavy (non-hydrogen) atoms. The Bertz CT molecular complexity index is 850. The molecule has 4 atom stereocenters. The van der Waals surface area contributed by atoms with Gasteiger partial charge in [0, 0.05) is 33.0 Å². The Hall–Kier alpha value is -1.24. The third kappa shape index (κ3) is 20.7. The Kier molecular flexibility index (Phi) is 27.2. The van der Waals surface area contributed by atoms with Gasteiger partial charge in [-0.2, -0.15) is 0 Å². The standard InChI is InChI=1S/C45H81NO4/c1-5-7-9-11-13-15-17-19-21-23-25-27-29-31-33-35-37-45(49-43-41(47)39-46(3)40-42(48-4)44(43)50-45)38-36-34-32-30-28-26-24-22-20-18-16-14-12-10-8-6-2/h13-16,19-22,41-44,47H,5-12,17-18,23-40H2,1-4H3/t41?,42?,43-,44+,45?/m0/s1. The summed E-state index contributed by atoms with van der Waals surface area (Å²) in [6.07, 6.45) is 49.3. The SMILES string of the molecule is CCCCCC=CCC=CCCCCCCCCC1(CCCCCCCCC=CCC=CCCCCC)O[C@@H]2C(OC)CN(C)CC(O)[C@@H]2O1. The second-order valence-corrected chi connectivity index (χ2v) is 15.3. The number of likely N-dealkylation sites (N-methyl/N-ethyl adjacent to an activating group) is 1. The lowest BCUT2D eigenvalue weighted by Crippen LogP contribution is -2.42. The van der Waals surface area contributed by atoms with E-state index in [4.69, 9.17) is 14.2 Å². The lowest BCUT2D eigenvalue weighted by molar-refractivity contribution is -0.202. The summed E-state index contributed by atoms with van der Waals surface area (Å²) >= 11 is 0. The fourth-order valence-corrected chi connectivity index (χ4v) is 7.49. The molecule has 2 saturated heterocycles. The van der Waals surface area contributed by atoms with Gasteiger partial charge in [-0.15, -0.1) is 0 Å². The molecule has 0 spiro atoms. The van der Waals surface area contributed by atoms with Crippen molar-refractivity contribution in [3.8, 4) is 0 Å². The maximum Gasteiger partial charge on any atom is 0.169 e. The maximum atomic E-state index is 11.1. The van der Waals surface area contributed by atoms with Crippen LogP contribution in [0.5, 0.6) is 0 Å². The molecule has 0 amide bonds. The van der Waals surface area contributed by atoms with E-state index in [-0.39, 0.29) is 18.3 Å². The quantitative estimate of drug-likeness (QED) is 0.0576. The smallest absolute Gasteiger partial charge is 0.169 e. The number of hydrogen-bond acceptors (Lipinski definition) is 5. The molecule has 0 radical (unpaired) electrons. The molecule has 5 heteroatoms. The number of fused-ring (bicyclic) bond motifs is 1. The Morgan fingerprint density at radius 3 is 1.40 bits per heavy atom. The summed E-state index contributed by atoms with van der Waals surface area (Å²) in [5.41, 5.74) is 0. The van der Waals surface area contributed by atoms with E-state index in [9.17, 15) is 5.11 Å². The zero-order chi connectivity index (χ0) is 36.0. The van der Waals surface area contributed by atoms with Gasteiger partial charge in [0.1, 0.15) is 12.2 Å². The van der Waals surface area contributed by atoms with Crippen molar-refractivity contribution in [1.82, 2.24) is 4.90 Å². The predicted molar refractivity (Wildman–Crippen MR) is 215 cm³/mol. The van der Waals surface area contributed by atoms with Crippen LogP contribution in [-0.2, 0) is 14.2 Å². The Labute approximate surface area is 310 Å². The highest BCUT2D eigenvalue weighted by molar-refractivity contribution is 4.98. The number of β-amino-alcohol motifs (C(OH)–C–C–N with tert-alkyl or cyclic N) is 1. The number of unbranched alkanes of at least 4 members (excludes halogenated alkanes) is 18. The van der Waals surface area contributed by atoms with Crippen LogP contribution in [0.4, 0.5) is 0 Å². The topological polar surface area (TPSA) is 51.2 Å². The summed E-state index contributed by atoms with van der Waals surface area (Å²) in [5, 5.41) is 11.1. The number of hydrogen-bond donors (Lipinski definition) is 1. The van der Waals surface area contributed by atoms with Gasteiger partial charge >= 0.3 is 0 Å². The molecule has 0 saturated carbocycles. The number of aliphatic hydroxyl groups excluding tert-OH is 1. The van der Waals surface area contributed by atoms with Gasteiger partial charge in [-0.05, 0) is 84.1 Å². The summed E-state index contributed by atoms with van der Waals surface area (Å²) in [5.74, 6) is -0.590. The molecule has 2 fully saturated rings. The molecule has 5 nitrogen and oxygen atoms in total. The lowest BCUT2D eigenvalue weighted by atomic mass is 9.98. The molecule has 2 rings (SSSR count). The molecule has 0 aromatic carbocycles. The first-order chi connectivity index (χ1) is 24.5. The van der Waals surface area contributed by atoms with Crippen molar-refractivity contribution in [2.24, 2.45) is 0 Å². The molecule has 2 aliphatic rings. The Morgan fingerprint density at radius 1 is 0.560 bits per heavy atom. The molecule has 2 heterocycles. The Balaban J connectivity index is 1.67. The van der Waals surface area contributed by atoms with Crippen molar-refractivity contribution in [3.05, 3.63) is 48.6 Å². The minimum Gasteiger partial charge on any atom is -0.389 e. The van der Waals surface area contributed by atoms with Gasteiger partial charge in [0.15, 0.2) is 5.79 Å². The molecule has 0 aromatic heterocycles. The molecule has 0 aromatic rings. The summed E-state index contributed by atoms with van der Waals surface area (Å²) in [4.78, 5) is 2.14. The second-order valence-electron chi connectivity index (χ2n) is 15.3. The molecular weight excluding hydrogens is 618 g/mol. The van der Waals surface area contributed by atoms with Gasteiger partial charge in [0.25, 0.3) is 0 Å². The third-order valence-corrected chi connectivity index (χ3v) is 10.6. The minimum atomic E-state index is -0.590. The van der Waals surface area contributed by atoms with E-state index in [1.165, 1.54) is 128 Å².